The van der Waals surface area contributed by atoms with Crippen molar-refractivity contribution >= 4 is 17.8 Å². The number of hydrogen-bond donors (Lipinski definition) is 1. The van der Waals surface area contributed by atoms with E-state index in [0.29, 0.717) is 0 Å². The van der Waals surface area contributed by atoms with Crippen LogP contribution in [-0.2, 0) is 9.53 Å². The van der Waals surface area contributed by atoms with Gasteiger partial charge < -0.3 is 9.84 Å². The normalized spacial score (nSPS) is 13.4. The molecule has 0 aromatic heterocycles. The minimum Gasteiger partial charge on any atom is -0.477 e. The maximum atomic E-state index is 12.0. The van der Waals surface area contributed by atoms with Gasteiger partial charge in [0.25, 0.3) is 0 Å². The van der Waals surface area contributed by atoms with Crippen molar-refractivity contribution in [1.82, 2.24) is 0 Å². The minimum absolute atomic E-state index is 0.0695. The molecular formula is C21H21NO4. The molecule has 1 aliphatic rings. The number of carbonyl (C=O) groups is 2. The number of carboxylic acids is 1. The van der Waals surface area contributed by atoms with E-state index in [0.717, 1.165) is 22.3 Å². The number of aliphatic carboxylic acids is 1. The summed E-state index contributed by atoms with van der Waals surface area (Å²) in [5.41, 5.74) is 4.31. The van der Waals surface area contributed by atoms with Gasteiger partial charge in [-0.2, -0.15) is 4.99 Å². The molecule has 0 unspecified atom stereocenters. The van der Waals surface area contributed by atoms with Crippen molar-refractivity contribution < 1.29 is 19.4 Å². The lowest BCUT2D eigenvalue weighted by atomic mass is 9.98. The second-order valence-corrected chi connectivity index (χ2v) is 6.77. The van der Waals surface area contributed by atoms with Gasteiger partial charge in [-0.3, -0.25) is 0 Å². The van der Waals surface area contributed by atoms with Crippen molar-refractivity contribution in [3.63, 3.8) is 0 Å². The molecule has 0 atom stereocenters. The number of nitrogens with zero attached hydrogens (tertiary/aromatic N) is 1. The van der Waals surface area contributed by atoms with E-state index < -0.39 is 12.1 Å². The van der Waals surface area contributed by atoms with Gasteiger partial charge >= 0.3 is 12.1 Å². The number of carbonyl (C=O) groups excluding carboxylic acids is 1. The molecule has 5 nitrogen and oxygen atoms in total. The Balaban J connectivity index is 1.77. The topological polar surface area (TPSA) is 76.0 Å². The summed E-state index contributed by atoms with van der Waals surface area (Å²) in [6.45, 7) is 3.87. The number of rotatable bonds is 5. The predicted molar refractivity (Wildman–Crippen MR) is 99.6 cm³/mol. The van der Waals surface area contributed by atoms with Crippen LogP contribution in [0.5, 0.6) is 0 Å². The molecule has 134 valence electrons. The maximum Gasteiger partial charge on any atom is 0.434 e. The first-order valence-corrected chi connectivity index (χ1v) is 8.63. The summed E-state index contributed by atoms with van der Waals surface area (Å²) in [4.78, 5) is 26.9. The molecule has 0 spiro atoms. The van der Waals surface area contributed by atoms with E-state index in [4.69, 9.17) is 4.74 Å². The van der Waals surface area contributed by atoms with Crippen LogP contribution in [0.3, 0.4) is 0 Å². The molecule has 0 bridgehead atoms. The van der Waals surface area contributed by atoms with Crippen LogP contribution in [0.4, 0.5) is 4.79 Å². The Morgan fingerprint density at radius 3 is 2.08 bits per heavy atom. The van der Waals surface area contributed by atoms with Crippen LogP contribution in [0.1, 0.15) is 37.3 Å². The van der Waals surface area contributed by atoms with Crippen molar-refractivity contribution in [1.29, 1.82) is 0 Å². The Kier molecular flexibility index (Phi) is 5.16. The van der Waals surface area contributed by atoms with E-state index in [1.165, 1.54) is 0 Å². The summed E-state index contributed by atoms with van der Waals surface area (Å²) < 4.78 is 5.31. The smallest absolute Gasteiger partial charge is 0.434 e. The molecule has 0 saturated carbocycles. The van der Waals surface area contributed by atoms with Crippen LogP contribution in [0.15, 0.2) is 53.5 Å². The van der Waals surface area contributed by atoms with Crippen LogP contribution in [0.25, 0.3) is 11.1 Å². The molecule has 2 aromatic rings. The molecule has 0 saturated heterocycles. The van der Waals surface area contributed by atoms with Crippen LogP contribution in [0.2, 0.25) is 0 Å². The number of aliphatic imine (C=N–C) groups is 1. The lowest BCUT2D eigenvalue weighted by Gasteiger charge is -2.13. The average molecular weight is 351 g/mol. The predicted octanol–water partition coefficient (Wildman–Crippen LogP) is 4.51. The lowest BCUT2D eigenvalue weighted by Crippen LogP contribution is -2.19. The third kappa shape index (κ3) is 3.67. The van der Waals surface area contributed by atoms with Crippen LogP contribution in [0, 0.1) is 5.92 Å². The first-order valence-electron chi connectivity index (χ1n) is 8.63. The second kappa shape index (κ2) is 7.52. The number of hydrogen-bond acceptors (Lipinski definition) is 3. The molecule has 0 aliphatic heterocycles. The van der Waals surface area contributed by atoms with Crippen molar-refractivity contribution in [2.24, 2.45) is 10.9 Å². The van der Waals surface area contributed by atoms with Crippen LogP contribution in [-0.4, -0.2) is 29.5 Å². The average Bonchev–Trinajstić information content (AvgIpc) is 2.93. The molecular weight excluding hydrogens is 330 g/mol. The van der Waals surface area contributed by atoms with Gasteiger partial charge in [0.2, 0.25) is 0 Å². The van der Waals surface area contributed by atoms with E-state index in [9.17, 15) is 14.7 Å². The van der Waals surface area contributed by atoms with Gasteiger partial charge in [-0.15, -0.1) is 0 Å². The van der Waals surface area contributed by atoms with Gasteiger partial charge in [0, 0.05) is 5.92 Å². The Bertz CT molecular complexity index is 824. The lowest BCUT2D eigenvalue weighted by molar-refractivity contribution is -0.129. The zero-order chi connectivity index (χ0) is 18.7. The van der Waals surface area contributed by atoms with Gasteiger partial charge in [0.1, 0.15) is 12.3 Å². The molecule has 0 radical (unpaired) electrons. The summed E-state index contributed by atoms with van der Waals surface area (Å²) in [6.07, 6.45) is -0.635. The van der Waals surface area contributed by atoms with Crippen molar-refractivity contribution in [3.8, 4) is 11.1 Å². The van der Waals surface area contributed by atoms with Crippen molar-refractivity contribution in [2.45, 2.75) is 26.2 Å². The zero-order valence-corrected chi connectivity index (χ0v) is 14.8. The zero-order valence-electron chi connectivity index (χ0n) is 14.8. The van der Waals surface area contributed by atoms with Crippen molar-refractivity contribution in [3.05, 3.63) is 59.7 Å². The summed E-state index contributed by atoms with van der Waals surface area (Å²) in [6, 6.07) is 16.1. The molecule has 1 aliphatic carbocycles. The first-order chi connectivity index (χ1) is 12.5. The molecule has 2 aromatic carbocycles. The quantitative estimate of drug-likeness (QED) is 0.804. The number of carboxylic acid groups (broad SMARTS) is 1. The van der Waals surface area contributed by atoms with E-state index >= 15 is 0 Å². The summed E-state index contributed by atoms with van der Waals surface area (Å²) >= 11 is 0. The number of fused-ring (bicyclic) bond motifs is 3. The van der Waals surface area contributed by atoms with E-state index in [1.54, 1.807) is 0 Å². The van der Waals surface area contributed by atoms with E-state index in [-0.39, 0.29) is 30.6 Å². The fraction of sp³-hybridized carbons (Fsp3) is 0.286. The molecule has 1 amide bonds. The third-order valence-electron chi connectivity index (χ3n) is 4.41. The Hall–Kier alpha value is -2.95. The molecule has 5 heteroatoms. The number of ether oxygens (including phenoxy) is 1. The maximum absolute atomic E-state index is 12.0. The van der Waals surface area contributed by atoms with E-state index in [1.807, 2.05) is 50.2 Å². The highest BCUT2D eigenvalue weighted by atomic mass is 16.5. The SMILES string of the molecule is CC(C)C/C(=N\C(=O)OCC1c2ccccc2-c2ccccc21)C(=O)O. The van der Waals surface area contributed by atoms with Gasteiger partial charge in [-0.25, -0.2) is 9.59 Å². The Morgan fingerprint density at radius 1 is 1.04 bits per heavy atom. The van der Waals surface area contributed by atoms with Crippen molar-refractivity contribution in [2.75, 3.05) is 6.61 Å². The van der Waals surface area contributed by atoms with Crippen LogP contribution < -0.4 is 0 Å². The fourth-order valence-corrected chi connectivity index (χ4v) is 3.30. The van der Waals surface area contributed by atoms with Gasteiger partial charge in [0.05, 0.1) is 0 Å². The third-order valence-corrected chi connectivity index (χ3v) is 4.41. The summed E-state index contributed by atoms with van der Waals surface area (Å²) in [7, 11) is 0. The molecule has 3 rings (SSSR count). The highest BCUT2D eigenvalue weighted by molar-refractivity contribution is 6.37. The molecule has 0 heterocycles. The largest absolute Gasteiger partial charge is 0.477 e. The highest BCUT2D eigenvalue weighted by Crippen LogP contribution is 2.44. The monoisotopic (exact) mass is 351 g/mol. The first kappa shape index (κ1) is 17.9. The van der Waals surface area contributed by atoms with E-state index in [2.05, 4.69) is 17.1 Å². The highest BCUT2D eigenvalue weighted by Gasteiger charge is 2.29. The fourth-order valence-electron chi connectivity index (χ4n) is 3.30. The number of benzene rings is 2. The minimum atomic E-state index is -1.19. The second-order valence-electron chi connectivity index (χ2n) is 6.77. The van der Waals surface area contributed by atoms with Gasteiger partial charge in [0.15, 0.2) is 0 Å². The van der Waals surface area contributed by atoms with Crippen LogP contribution >= 0.6 is 0 Å². The molecule has 0 fully saturated rings. The standard InChI is InChI=1S/C21H21NO4/c1-13(2)11-19(20(23)24)22-21(25)26-12-18-16-9-5-3-7-14(16)15-8-4-6-10-17(15)18/h3-10,13,18H,11-12H2,1-2H3,(H,23,24)/b22-19+. The molecule has 1 N–H and O–H groups in total. The summed E-state index contributed by atoms with van der Waals surface area (Å²) in [5, 5.41) is 9.17. The Morgan fingerprint density at radius 2 is 1.58 bits per heavy atom. The summed E-state index contributed by atoms with van der Waals surface area (Å²) in [5.74, 6) is -1.17. The van der Waals surface area contributed by atoms with Gasteiger partial charge in [-0.1, -0.05) is 62.4 Å². The Labute approximate surface area is 152 Å². The number of amides is 1. The molecule has 26 heavy (non-hydrogen) atoms. The van der Waals surface area contributed by atoms with Gasteiger partial charge in [-0.05, 0) is 34.6 Å².